The number of amides is 1. The average Bonchev–Trinajstić information content (AvgIpc) is 2.71. The van der Waals surface area contributed by atoms with E-state index < -0.39 is 25.8 Å². The van der Waals surface area contributed by atoms with Crippen molar-refractivity contribution >= 4 is 20.0 Å². The first-order chi connectivity index (χ1) is 15.6. The molecule has 34 heavy (non-hydrogen) atoms. The highest BCUT2D eigenvalue weighted by atomic mass is 28.4. The number of benzene rings is 1. The molecule has 0 saturated carbocycles. The summed E-state index contributed by atoms with van der Waals surface area (Å²) in [5, 5.41) is 18.5. The van der Waals surface area contributed by atoms with Crippen molar-refractivity contribution in [3.8, 4) is 17.0 Å². The summed E-state index contributed by atoms with van der Waals surface area (Å²) in [4.78, 5) is 14.7. The Morgan fingerprint density at radius 2 is 1.85 bits per heavy atom. The van der Waals surface area contributed by atoms with Gasteiger partial charge in [0.25, 0.3) is 0 Å². The minimum Gasteiger partial charge on any atom is -0.507 e. The summed E-state index contributed by atoms with van der Waals surface area (Å²) < 4.78 is 45.3. The van der Waals surface area contributed by atoms with Crippen LogP contribution >= 0.6 is 0 Å². The zero-order valence-electron chi connectivity index (χ0n) is 20.5. The van der Waals surface area contributed by atoms with Crippen LogP contribution in [0.15, 0.2) is 24.3 Å². The number of phenolic OH excluding ortho intramolecular Hbond substituents is 1. The van der Waals surface area contributed by atoms with Crippen LogP contribution in [-0.4, -0.2) is 42.7 Å². The van der Waals surface area contributed by atoms with Crippen molar-refractivity contribution in [2.75, 3.05) is 18.1 Å². The fourth-order valence-corrected chi connectivity index (χ4v) is 4.78. The zero-order valence-corrected chi connectivity index (χ0v) is 21.5. The molecule has 1 saturated heterocycles. The fraction of sp³-hybridized carbons (Fsp3) is 0.542. The first kappa shape index (κ1) is 26.1. The van der Waals surface area contributed by atoms with E-state index in [2.05, 4.69) is 44.1 Å². The highest BCUT2D eigenvalue weighted by Crippen LogP contribution is 2.39. The molecule has 6 nitrogen and oxygen atoms in total. The standard InChI is InChI=1S/C24H32F3N3O3Si/c1-15-12-17(24(25,26)27)13-19(31)21(15)18-9-10-20(29-28-18)30-11-7-8-16(22(30)32)14-33-34(5,6)23(2,3)4/h9-10,12-13,16,31H,7-8,11,14H2,1-6H3. The number of phenols is 1. The lowest BCUT2D eigenvalue weighted by Gasteiger charge is -2.38. The van der Waals surface area contributed by atoms with Crippen LogP contribution in [0.4, 0.5) is 19.0 Å². The minimum absolute atomic E-state index is 0.0493. The maximum Gasteiger partial charge on any atom is 0.416 e. The molecular weight excluding hydrogens is 463 g/mol. The van der Waals surface area contributed by atoms with Crippen LogP contribution in [0.25, 0.3) is 11.3 Å². The van der Waals surface area contributed by atoms with Crippen molar-refractivity contribution in [1.82, 2.24) is 10.2 Å². The van der Waals surface area contributed by atoms with Gasteiger partial charge in [0.1, 0.15) is 5.75 Å². The normalized spacial score (nSPS) is 17.9. The summed E-state index contributed by atoms with van der Waals surface area (Å²) in [6, 6.07) is 4.80. The van der Waals surface area contributed by atoms with Crippen molar-refractivity contribution in [3.05, 3.63) is 35.4 Å². The van der Waals surface area contributed by atoms with E-state index >= 15 is 0 Å². The third kappa shape index (κ3) is 5.43. The Hall–Kier alpha value is -2.46. The second-order valence-corrected chi connectivity index (χ2v) is 15.2. The van der Waals surface area contributed by atoms with E-state index in [4.69, 9.17) is 4.43 Å². The summed E-state index contributed by atoms with van der Waals surface area (Å²) in [5.74, 6) is -0.479. The van der Waals surface area contributed by atoms with Crippen LogP contribution in [0.3, 0.4) is 0 Å². The summed E-state index contributed by atoms with van der Waals surface area (Å²) >= 11 is 0. The molecule has 0 radical (unpaired) electrons. The van der Waals surface area contributed by atoms with Crippen LogP contribution < -0.4 is 4.90 Å². The fourth-order valence-electron chi connectivity index (χ4n) is 3.73. The number of hydrogen-bond acceptors (Lipinski definition) is 5. The van der Waals surface area contributed by atoms with Crippen molar-refractivity contribution in [2.24, 2.45) is 5.92 Å². The number of piperidine rings is 1. The second-order valence-electron chi connectivity index (χ2n) is 10.4. The molecule has 1 aliphatic heterocycles. The number of hydrogen-bond donors (Lipinski definition) is 1. The molecule has 2 aromatic rings. The Labute approximate surface area is 199 Å². The molecule has 1 aromatic heterocycles. The van der Waals surface area contributed by atoms with Gasteiger partial charge in [0.2, 0.25) is 5.91 Å². The molecule has 1 aromatic carbocycles. The summed E-state index contributed by atoms with van der Waals surface area (Å²) in [6.45, 7) is 13.1. The summed E-state index contributed by atoms with van der Waals surface area (Å²) in [6.07, 6.45) is -3.01. The number of carbonyl (C=O) groups is 1. The van der Waals surface area contributed by atoms with Crippen molar-refractivity contribution in [3.63, 3.8) is 0 Å². The van der Waals surface area contributed by atoms with E-state index in [0.29, 0.717) is 25.0 Å². The van der Waals surface area contributed by atoms with Crippen molar-refractivity contribution < 1.29 is 27.5 Å². The molecule has 186 valence electrons. The molecule has 1 amide bonds. The second kappa shape index (κ2) is 9.29. The van der Waals surface area contributed by atoms with Crippen molar-refractivity contribution in [1.29, 1.82) is 0 Å². The number of rotatable bonds is 5. The lowest BCUT2D eigenvalue weighted by molar-refractivity contribution is -0.137. The highest BCUT2D eigenvalue weighted by molar-refractivity contribution is 6.74. The number of aromatic hydroxyl groups is 1. The monoisotopic (exact) mass is 495 g/mol. The average molecular weight is 496 g/mol. The topological polar surface area (TPSA) is 75.6 Å². The number of aryl methyl sites for hydroxylation is 1. The third-order valence-electron chi connectivity index (χ3n) is 6.83. The van der Waals surface area contributed by atoms with Crippen LogP contribution in [0.5, 0.6) is 5.75 Å². The Morgan fingerprint density at radius 1 is 1.18 bits per heavy atom. The molecule has 2 heterocycles. The number of alkyl halides is 3. The molecule has 1 fully saturated rings. The number of nitrogens with zero attached hydrogens (tertiary/aromatic N) is 3. The van der Waals surface area contributed by atoms with Gasteiger partial charge in [0.05, 0.1) is 17.2 Å². The zero-order chi connectivity index (χ0) is 25.5. The van der Waals surface area contributed by atoms with Gasteiger partial charge in [-0.1, -0.05) is 20.8 Å². The molecule has 0 spiro atoms. The predicted molar refractivity (Wildman–Crippen MR) is 127 cm³/mol. The first-order valence-corrected chi connectivity index (χ1v) is 14.2. The van der Waals surface area contributed by atoms with Crippen LogP contribution in [0, 0.1) is 12.8 Å². The van der Waals surface area contributed by atoms with Gasteiger partial charge < -0.3 is 9.53 Å². The molecule has 0 bridgehead atoms. The molecule has 1 N–H and O–H groups in total. The van der Waals surface area contributed by atoms with E-state index in [9.17, 15) is 23.1 Å². The van der Waals surface area contributed by atoms with Gasteiger partial charge in [-0.25, -0.2) is 0 Å². The van der Waals surface area contributed by atoms with E-state index in [1.165, 1.54) is 6.92 Å². The van der Waals surface area contributed by atoms with Crippen molar-refractivity contribution in [2.45, 2.75) is 64.8 Å². The lowest BCUT2D eigenvalue weighted by atomic mass is 9.98. The largest absolute Gasteiger partial charge is 0.507 e. The molecule has 0 aliphatic carbocycles. The van der Waals surface area contributed by atoms with Gasteiger partial charge in [-0.15, -0.1) is 10.2 Å². The van der Waals surface area contributed by atoms with E-state index in [1.54, 1.807) is 17.0 Å². The van der Waals surface area contributed by atoms with Gasteiger partial charge in [-0.05, 0) is 67.7 Å². The molecule has 3 rings (SSSR count). The maximum atomic E-state index is 13.1. The molecule has 10 heteroatoms. The quantitative estimate of drug-likeness (QED) is 0.520. The molecule has 1 unspecified atom stereocenters. The van der Waals surface area contributed by atoms with Crippen LogP contribution in [-0.2, 0) is 15.4 Å². The number of anilines is 1. The third-order valence-corrected chi connectivity index (χ3v) is 11.3. The molecular formula is C24H32F3N3O3Si. The smallest absolute Gasteiger partial charge is 0.416 e. The lowest BCUT2D eigenvalue weighted by Crippen LogP contribution is -2.47. The van der Waals surface area contributed by atoms with E-state index in [-0.39, 0.29) is 33.7 Å². The first-order valence-electron chi connectivity index (χ1n) is 11.3. The highest BCUT2D eigenvalue weighted by Gasteiger charge is 2.39. The number of carbonyl (C=O) groups excluding carboxylic acids is 1. The molecule has 1 aliphatic rings. The minimum atomic E-state index is -4.56. The van der Waals surface area contributed by atoms with Gasteiger partial charge >= 0.3 is 6.18 Å². The van der Waals surface area contributed by atoms with E-state index in [0.717, 1.165) is 18.9 Å². The Morgan fingerprint density at radius 3 is 2.38 bits per heavy atom. The van der Waals surface area contributed by atoms with Gasteiger partial charge in [0.15, 0.2) is 14.1 Å². The van der Waals surface area contributed by atoms with Crippen LogP contribution in [0.2, 0.25) is 18.1 Å². The Bertz CT molecular complexity index is 1030. The summed E-state index contributed by atoms with van der Waals surface area (Å²) in [7, 11) is -1.98. The Kier molecular flexibility index (Phi) is 7.15. The van der Waals surface area contributed by atoms with Gasteiger partial charge in [-0.3, -0.25) is 9.69 Å². The maximum absolute atomic E-state index is 13.1. The number of aromatic nitrogens is 2. The number of halogens is 3. The SMILES string of the molecule is Cc1cc(C(F)(F)F)cc(O)c1-c1ccc(N2CCCC(CO[Si](C)(C)C(C)(C)C)C2=O)nn1. The van der Waals surface area contributed by atoms with Gasteiger partial charge in [-0.2, -0.15) is 13.2 Å². The summed E-state index contributed by atoms with van der Waals surface area (Å²) in [5.41, 5.74) is -0.292. The van der Waals surface area contributed by atoms with Gasteiger partial charge in [0, 0.05) is 18.7 Å². The van der Waals surface area contributed by atoms with E-state index in [1.807, 2.05) is 0 Å². The predicted octanol–water partition coefficient (Wildman–Crippen LogP) is 5.94. The molecule has 1 atom stereocenters. The Balaban J connectivity index is 1.78. The van der Waals surface area contributed by atoms with Crippen LogP contribution in [0.1, 0.15) is 44.7 Å².